The Morgan fingerprint density at radius 2 is 0.900 bits per heavy atom. The van der Waals surface area contributed by atoms with Gasteiger partial charge in [0.25, 0.3) is 0 Å². The van der Waals surface area contributed by atoms with Gasteiger partial charge in [-0.2, -0.15) is 0 Å². The van der Waals surface area contributed by atoms with E-state index in [0.29, 0.717) is 0 Å². The minimum atomic E-state index is 0.814. The first kappa shape index (κ1) is 12.7. The standard InChI is InChI=1S/C18H14BO/c20-19-18-12-10-17(11-13-18)16-8-6-15(7-9-16)14-4-2-1-3-5-14/h1-13,20H. The van der Waals surface area contributed by atoms with E-state index in [2.05, 4.69) is 36.4 Å². The first-order valence-electron chi connectivity index (χ1n) is 6.60. The topological polar surface area (TPSA) is 20.2 Å². The first-order valence-corrected chi connectivity index (χ1v) is 6.60. The van der Waals surface area contributed by atoms with E-state index in [1.165, 1.54) is 16.7 Å². The molecule has 0 fully saturated rings. The molecule has 1 radical (unpaired) electrons. The predicted octanol–water partition coefficient (Wildman–Crippen LogP) is 3.26. The third-order valence-electron chi connectivity index (χ3n) is 3.39. The van der Waals surface area contributed by atoms with Crippen molar-refractivity contribution in [1.82, 2.24) is 0 Å². The van der Waals surface area contributed by atoms with Crippen LogP contribution in [0.1, 0.15) is 0 Å². The van der Waals surface area contributed by atoms with Gasteiger partial charge in [0.05, 0.1) is 0 Å². The Morgan fingerprint density at radius 1 is 0.500 bits per heavy atom. The summed E-state index contributed by atoms with van der Waals surface area (Å²) in [5, 5.41) is 8.94. The van der Waals surface area contributed by atoms with E-state index in [1.54, 1.807) is 0 Å². The Labute approximate surface area is 119 Å². The highest BCUT2D eigenvalue weighted by atomic mass is 16.2. The highest BCUT2D eigenvalue weighted by molar-refractivity contribution is 6.45. The fourth-order valence-electron chi connectivity index (χ4n) is 2.25. The van der Waals surface area contributed by atoms with Gasteiger partial charge < -0.3 is 5.02 Å². The van der Waals surface area contributed by atoms with Crippen LogP contribution in [0.25, 0.3) is 22.3 Å². The molecule has 3 aromatic carbocycles. The molecule has 0 heterocycles. The van der Waals surface area contributed by atoms with E-state index in [1.807, 2.05) is 42.5 Å². The molecule has 20 heavy (non-hydrogen) atoms. The number of hydrogen-bond donors (Lipinski definition) is 1. The van der Waals surface area contributed by atoms with Gasteiger partial charge in [0, 0.05) is 0 Å². The first-order chi connectivity index (χ1) is 9.86. The lowest BCUT2D eigenvalue weighted by Gasteiger charge is -2.05. The van der Waals surface area contributed by atoms with Crippen LogP contribution in [-0.2, 0) is 0 Å². The summed E-state index contributed by atoms with van der Waals surface area (Å²) in [5.74, 6) is 0. The molecule has 1 nitrogen and oxygen atoms in total. The molecule has 0 aromatic heterocycles. The number of hydrogen-bond acceptors (Lipinski definition) is 1. The molecule has 0 spiro atoms. The lowest BCUT2D eigenvalue weighted by Crippen LogP contribution is -2.11. The second-order valence-corrected chi connectivity index (χ2v) is 4.69. The van der Waals surface area contributed by atoms with Crippen LogP contribution >= 0.6 is 0 Å². The van der Waals surface area contributed by atoms with Crippen LogP contribution in [0.15, 0.2) is 78.9 Å². The van der Waals surface area contributed by atoms with E-state index < -0.39 is 0 Å². The van der Waals surface area contributed by atoms with E-state index >= 15 is 0 Å². The van der Waals surface area contributed by atoms with Gasteiger partial charge in [-0.15, -0.1) is 0 Å². The molecule has 3 rings (SSSR count). The second-order valence-electron chi connectivity index (χ2n) is 4.69. The average molecular weight is 257 g/mol. The van der Waals surface area contributed by atoms with Gasteiger partial charge in [0.2, 0.25) is 0 Å². The normalized spacial score (nSPS) is 10.2. The highest BCUT2D eigenvalue weighted by Crippen LogP contribution is 2.24. The highest BCUT2D eigenvalue weighted by Gasteiger charge is 2.00. The Bertz CT molecular complexity index is 673. The average Bonchev–Trinajstić information content (AvgIpc) is 2.56. The molecule has 3 aromatic rings. The molecule has 0 saturated carbocycles. The molecule has 0 aliphatic carbocycles. The smallest absolute Gasteiger partial charge is 0.326 e. The summed E-state index contributed by atoms with van der Waals surface area (Å²) in [6.45, 7) is 0. The molecule has 0 aliphatic heterocycles. The van der Waals surface area contributed by atoms with Gasteiger partial charge in [0.15, 0.2) is 0 Å². The van der Waals surface area contributed by atoms with E-state index in [9.17, 15) is 0 Å². The zero-order chi connectivity index (χ0) is 13.8. The van der Waals surface area contributed by atoms with E-state index in [4.69, 9.17) is 5.02 Å². The lowest BCUT2D eigenvalue weighted by atomic mass is 9.87. The van der Waals surface area contributed by atoms with Crippen molar-refractivity contribution in [3.05, 3.63) is 78.9 Å². The summed E-state index contributed by atoms with van der Waals surface area (Å²) >= 11 is 0. The number of rotatable bonds is 3. The van der Waals surface area contributed by atoms with Crippen LogP contribution in [0, 0.1) is 0 Å². The van der Waals surface area contributed by atoms with Crippen molar-refractivity contribution in [2.24, 2.45) is 0 Å². The zero-order valence-electron chi connectivity index (χ0n) is 11.0. The summed E-state index contributed by atoms with van der Waals surface area (Å²) in [4.78, 5) is 0. The minimum Gasteiger partial charge on any atom is -0.450 e. The van der Waals surface area contributed by atoms with Crippen molar-refractivity contribution in [3.63, 3.8) is 0 Å². The largest absolute Gasteiger partial charge is 0.450 e. The molecule has 0 saturated heterocycles. The van der Waals surface area contributed by atoms with Crippen molar-refractivity contribution in [2.45, 2.75) is 0 Å². The fourth-order valence-corrected chi connectivity index (χ4v) is 2.25. The molecule has 0 amide bonds. The van der Waals surface area contributed by atoms with Crippen LogP contribution in [0.2, 0.25) is 0 Å². The van der Waals surface area contributed by atoms with Crippen LogP contribution in [-0.4, -0.2) is 12.5 Å². The zero-order valence-corrected chi connectivity index (χ0v) is 11.0. The number of benzene rings is 3. The van der Waals surface area contributed by atoms with Crippen molar-refractivity contribution >= 4 is 12.9 Å². The van der Waals surface area contributed by atoms with Crippen molar-refractivity contribution in [2.75, 3.05) is 0 Å². The SMILES string of the molecule is O[B]c1ccc(-c2ccc(-c3ccccc3)cc2)cc1. The lowest BCUT2D eigenvalue weighted by molar-refractivity contribution is 0.615. The molecule has 0 bridgehead atoms. The summed E-state index contributed by atoms with van der Waals surface area (Å²) in [6, 6.07) is 26.7. The maximum absolute atomic E-state index is 8.94. The van der Waals surface area contributed by atoms with Gasteiger partial charge in [-0.25, -0.2) is 0 Å². The van der Waals surface area contributed by atoms with Crippen LogP contribution < -0.4 is 5.46 Å². The summed E-state index contributed by atoms with van der Waals surface area (Å²) in [6.07, 6.45) is 0. The Balaban J connectivity index is 1.89. The summed E-state index contributed by atoms with van der Waals surface area (Å²) < 4.78 is 0. The molecular formula is C18H14BO. The van der Waals surface area contributed by atoms with Crippen molar-refractivity contribution in [1.29, 1.82) is 0 Å². The van der Waals surface area contributed by atoms with Crippen LogP contribution in [0.4, 0.5) is 0 Å². The van der Waals surface area contributed by atoms with Gasteiger partial charge in [0.1, 0.15) is 0 Å². The molecule has 0 unspecified atom stereocenters. The monoisotopic (exact) mass is 257 g/mol. The van der Waals surface area contributed by atoms with Crippen LogP contribution in [0.5, 0.6) is 0 Å². The molecule has 1 N–H and O–H groups in total. The molecule has 2 heteroatoms. The summed E-state index contributed by atoms with van der Waals surface area (Å²) in [5.41, 5.74) is 5.58. The quantitative estimate of drug-likeness (QED) is 0.714. The van der Waals surface area contributed by atoms with E-state index in [-0.39, 0.29) is 0 Å². The van der Waals surface area contributed by atoms with Crippen LogP contribution in [0.3, 0.4) is 0 Å². The van der Waals surface area contributed by atoms with Gasteiger partial charge in [-0.1, -0.05) is 84.3 Å². The van der Waals surface area contributed by atoms with Crippen molar-refractivity contribution in [3.8, 4) is 22.3 Å². The third-order valence-corrected chi connectivity index (χ3v) is 3.39. The molecule has 0 aliphatic rings. The van der Waals surface area contributed by atoms with Gasteiger partial charge in [-0.05, 0) is 22.3 Å². The summed E-state index contributed by atoms with van der Waals surface area (Å²) in [7, 11) is 1.11. The third kappa shape index (κ3) is 2.66. The van der Waals surface area contributed by atoms with Gasteiger partial charge >= 0.3 is 7.48 Å². The fraction of sp³-hybridized carbons (Fsp3) is 0. The maximum atomic E-state index is 8.94. The Kier molecular flexibility index (Phi) is 3.66. The molecule has 95 valence electrons. The Hall–Kier alpha value is -2.32. The minimum absolute atomic E-state index is 0.814. The predicted molar refractivity (Wildman–Crippen MR) is 84.9 cm³/mol. The van der Waals surface area contributed by atoms with E-state index in [0.717, 1.165) is 18.5 Å². The maximum Gasteiger partial charge on any atom is 0.326 e. The van der Waals surface area contributed by atoms with Gasteiger partial charge in [-0.3, -0.25) is 0 Å². The molecule has 0 atom stereocenters. The Morgan fingerprint density at radius 3 is 1.35 bits per heavy atom. The molecular weight excluding hydrogens is 243 g/mol. The van der Waals surface area contributed by atoms with Crippen molar-refractivity contribution < 1.29 is 5.02 Å². The second kappa shape index (κ2) is 5.76.